The molecule has 5 nitrogen and oxygen atoms in total. The number of carbonyl (C=O) groups is 1. The molecule has 2 heterocycles. The molecule has 2 aromatic heterocycles. The molecule has 0 aromatic carbocycles. The zero-order chi connectivity index (χ0) is 16.5. The van der Waals surface area contributed by atoms with E-state index in [0.717, 1.165) is 5.39 Å². The molecule has 102 valence electrons. The summed E-state index contributed by atoms with van der Waals surface area (Å²) < 4.78 is 33.1. The number of ether oxygens (including phenoxy) is 2. The summed E-state index contributed by atoms with van der Waals surface area (Å²) >= 11 is 3.41. The van der Waals surface area contributed by atoms with Crippen LogP contribution in [0.3, 0.4) is 0 Å². The molecular formula is C13H15BrN2O3. The van der Waals surface area contributed by atoms with E-state index < -0.39 is 13.0 Å². The molecule has 0 radical (unpaired) electrons. The number of halogens is 1. The molecule has 0 bridgehead atoms. The van der Waals surface area contributed by atoms with Gasteiger partial charge < -0.3 is 14.0 Å². The molecule has 0 spiro atoms. The first-order chi connectivity index (χ1) is 10.2. The van der Waals surface area contributed by atoms with Crippen LogP contribution in [-0.4, -0.2) is 36.3 Å². The number of aromatic nitrogens is 2. The highest BCUT2D eigenvalue weighted by Crippen LogP contribution is 2.27. The van der Waals surface area contributed by atoms with E-state index in [9.17, 15) is 4.79 Å². The van der Waals surface area contributed by atoms with E-state index in [1.165, 1.54) is 7.11 Å². The molecule has 0 atom stereocenters. The molecule has 0 aliphatic rings. The van der Waals surface area contributed by atoms with Crippen LogP contribution in [0.1, 0.15) is 20.3 Å². The fraction of sp³-hybridized carbons (Fsp3) is 0.385. The van der Waals surface area contributed by atoms with Crippen molar-refractivity contribution < 1.29 is 18.4 Å². The summed E-state index contributed by atoms with van der Waals surface area (Å²) in [6.07, 6.45) is 0. The highest BCUT2D eigenvalue weighted by Gasteiger charge is 2.18. The zero-order valence-corrected chi connectivity index (χ0v) is 12.2. The Balaban J connectivity index is 2.45. The highest BCUT2D eigenvalue weighted by molar-refractivity contribution is 9.10. The number of methoxy groups -OCH3 is 2. The van der Waals surface area contributed by atoms with Crippen molar-refractivity contribution in [3.8, 4) is 0 Å². The predicted octanol–water partition coefficient (Wildman–Crippen LogP) is 2.54. The van der Waals surface area contributed by atoms with Gasteiger partial charge in [-0.2, -0.15) is 0 Å². The number of hydrogen-bond donors (Lipinski definition) is 0. The topological polar surface area (TPSA) is 53.4 Å². The Morgan fingerprint density at radius 2 is 2.37 bits per heavy atom. The van der Waals surface area contributed by atoms with E-state index in [1.807, 2.05) is 12.1 Å². The maximum atomic E-state index is 11.9. The fourth-order valence-corrected chi connectivity index (χ4v) is 2.59. The molecule has 2 aromatic rings. The van der Waals surface area contributed by atoms with Gasteiger partial charge in [0.05, 0.1) is 27.9 Å². The zero-order valence-electron chi connectivity index (χ0n) is 13.6. The first-order valence-electron chi connectivity index (χ1n) is 7.11. The number of hydrogen-bond acceptors (Lipinski definition) is 4. The molecule has 19 heavy (non-hydrogen) atoms. The van der Waals surface area contributed by atoms with Crippen molar-refractivity contribution in [2.75, 3.05) is 20.8 Å². The first-order valence-corrected chi connectivity index (χ1v) is 6.41. The lowest BCUT2D eigenvalue weighted by atomic mass is 10.2. The third kappa shape index (κ3) is 2.64. The van der Waals surface area contributed by atoms with Crippen LogP contribution in [0.25, 0.3) is 10.9 Å². The van der Waals surface area contributed by atoms with E-state index in [1.54, 1.807) is 11.5 Å². The van der Waals surface area contributed by atoms with Gasteiger partial charge in [-0.1, -0.05) is 0 Å². The molecule has 6 heteroatoms. The minimum Gasteiger partial charge on any atom is -0.464 e. The van der Waals surface area contributed by atoms with E-state index in [-0.39, 0.29) is 18.8 Å². The lowest BCUT2D eigenvalue weighted by molar-refractivity contribution is 0.0595. The summed E-state index contributed by atoms with van der Waals surface area (Å²) in [5, 5.41) is 0.814. The lowest BCUT2D eigenvalue weighted by Gasteiger charge is -2.09. The Bertz CT molecular complexity index is 713. The summed E-state index contributed by atoms with van der Waals surface area (Å²) in [7, 11) is -1.16. The van der Waals surface area contributed by atoms with Crippen LogP contribution in [0.4, 0.5) is 0 Å². The van der Waals surface area contributed by atoms with Gasteiger partial charge in [0.2, 0.25) is 0 Å². The Hall–Kier alpha value is -1.40. The highest BCUT2D eigenvalue weighted by atomic mass is 79.9. The molecule has 0 unspecified atom stereocenters. The van der Waals surface area contributed by atoms with Crippen molar-refractivity contribution in [1.29, 1.82) is 0 Å². The Kier molecular flexibility index (Phi) is 3.12. The second-order valence-electron chi connectivity index (χ2n) is 4.01. The van der Waals surface area contributed by atoms with Gasteiger partial charge in [-0.15, -0.1) is 0 Å². The molecule has 0 saturated carbocycles. The minimum atomic E-state index is -2.45. The van der Waals surface area contributed by atoms with Crippen molar-refractivity contribution in [3.63, 3.8) is 0 Å². The van der Waals surface area contributed by atoms with Gasteiger partial charge in [-0.25, -0.2) is 9.78 Å². The smallest absolute Gasteiger partial charge is 0.358 e. The summed E-state index contributed by atoms with van der Waals surface area (Å²) in [6.45, 7) is 2.03. The third-order valence-corrected chi connectivity index (χ3v) is 3.41. The van der Waals surface area contributed by atoms with Crippen molar-refractivity contribution in [1.82, 2.24) is 9.55 Å². The number of nitrogens with zero attached hydrogens (tertiary/aromatic N) is 2. The summed E-state index contributed by atoms with van der Waals surface area (Å²) in [4.78, 5) is 16.2. The van der Waals surface area contributed by atoms with Gasteiger partial charge in [-0.3, -0.25) is 0 Å². The monoisotopic (exact) mass is 329 g/mol. The standard InChI is InChI=1S/C13H15BrN2O3/c1-8-6-9-7-10(14)16(4-5-18-2)12(9)11(15-8)13(17)19-3/h6-7H,4-5H2,1-3H3/i2D3. The maximum Gasteiger partial charge on any atom is 0.358 e. The molecular weight excluding hydrogens is 312 g/mol. The summed E-state index contributed by atoms with van der Waals surface area (Å²) in [5.74, 6) is -0.544. The van der Waals surface area contributed by atoms with Crippen LogP contribution in [0.2, 0.25) is 0 Å². The predicted molar refractivity (Wildman–Crippen MR) is 75.4 cm³/mol. The number of fused-ring (bicyclic) bond motifs is 1. The van der Waals surface area contributed by atoms with Crippen LogP contribution < -0.4 is 0 Å². The van der Waals surface area contributed by atoms with Gasteiger partial charge in [0.25, 0.3) is 0 Å². The van der Waals surface area contributed by atoms with Gasteiger partial charge in [0.15, 0.2) is 5.69 Å². The number of esters is 1. The Morgan fingerprint density at radius 1 is 1.58 bits per heavy atom. The molecule has 0 aliphatic heterocycles. The quantitative estimate of drug-likeness (QED) is 0.809. The van der Waals surface area contributed by atoms with Crippen LogP contribution in [0, 0.1) is 6.92 Å². The van der Waals surface area contributed by atoms with Gasteiger partial charge in [0, 0.05) is 24.7 Å². The average Bonchev–Trinajstić information content (AvgIpc) is 2.71. The first kappa shape index (κ1) is 10.4. The van der Waals surface area contributed by atoms with E-state index in [0.29, 0.717) is 15.8 Å². The minimum absolute atomic E-state index is 0.0205. The third-order valence-electron chi connectivity index (χ3n) is 2.75. The Morgan fingerprint density at radius 3 is 3.05 bits per heavy atom. The van der Waals surface area contributed by atoms with E-state index in [4.69, 9.17) is 13.6 Å². The SMILES string of the molecule is [2H]C([2H])([2H])OCCn1c(Br)cc2cc(C)nc(C(=O)OC)c21. The Labute approximate surface area is 123 Å². The molecule has 2 rings (SSSR count). The van der Waals surface area contributed by atoms with Crippen molar-refractivity contribution >= 4 is 32.8 Å². The molecule has 0 N–H and O–H groups in total. The molecule has 0 amide bonds. The second-order valence-corrected chi connectivity index (χ2v) is 4.82. The molecule has 0 saturated heterocycles. The van der Waals surface area contributed by atoms with E-state index in [2.05, 4.69) is 20.9 Å². The molecule has 0 fully saturated rings. The maximum absolute atomic E-state index is 11.9. The van der Waals surface area contributed by atoms with Crippen LogP contribution in [0.5, 0.6) is 0 Å². The number of rotatable bonds is 4. The van der Waals surface area contributed by atoms with Crippen LogP contribution in [-0.2, 0) is 16.0 Å². The normalized spacial score (nSPS) is 13.9. The van der Waals surface area contributed by atoms with Crippen LogP contribution in [0.15, 0.2) is 16.7 Å². The summed E-state index contributed by atoms with van der Waals surface area (Å²) in [5.41, 5.74) is 1.46. The summed E-state index contributed by atoms with van der Waals surface area (Å²) in [6, 6.07) is 3.68. The lowest BCUT2D eigenvalue weighted by Crippen LogP contribution is -2.11. The van der Waals surface area contributed by atoms with Gasteiger partial charge >= 0.3 is 5.97 Å². The van der Waals surface area contributed by atoms with E-state index >= 15 is 0 Å². The van der Waals surface area contributed by atoms with Gasteiger partial charge in [0.1, 0.15) is 0 Å². The van der Waals surface area contributed by atoms with Crippen LogP contribution >= 0.6 is 15.9 Å². The van der Waals surface area contributed by atoms with Crippen molar-refractivity contribution in [2.24, 2.45) is 0 Å². The number of carbonyl (C=O) groups excluding carboxylic acids is 1. The molecule has 0 aliphatic carbocycles. The van der Waals surface area contributed by atoms with Crippen molar-refractivity contribution in [2.45, 2.75) is 13.5 Å². The van der Waals surface area contributed by atoms with Crippen molar-refractivity contribution in [3.05, 3.63) is 28.1 Å². The fourth-order valence-electron chi connectivity index (χ4n) is 1.99. The largest absolute Gasteiger partial charge is 0.464 e. The van der Waals surface area contributed by atoms with Gasteiger partial charge in [-0.05, 0) is 35.0 Å². The average molecular weight is 330 g/mol. The number of pyridine rings is 1. The second kappa shape index (κ2) is 5.71. The number of aryl methyl sites for hydroxylation is 1.